The van der Waals surface area contributed by atoms with E-state index in [-0.39, 0.29) is 35.3 Å². The molecule has 0 spiro atoms. The molecular weight excluding hydrogens is 340 g/mol. The van der Waals surface area contributed by atoms with Gasteiger partial charge in [-0.1, -0.05) is 11.3 Å². The van der Waals surface area contributed by atoms with Crippen LogP contribution in [0.5, 0.6) is 11.5 Å². The molecule has 1 amide bonds. The van der Waals surface area contributed by atoms with Crippen LogP contribution in [0.2, 0.25) is 0 Å². The summed E-state index contributed by atoms with van der Waals surface area (Å²) in [6.07, 6.45) is 1.11. The minimum absolute atomic E-state index is 0.00516. The van der Waals surface area contributed by atoms with Gasteiger partial charge in [0.1, 0.15) is 5.01 Å². The normalized spacial score (nSPS) is 12.5. The Balaban J connectivity index is 1.70. The molecule has 1 aliphatic rings. The quantitative estimate of drug-likeness (QED) is 0.447. The average Bonchev–Trinajstić information content (AvgIpc) is 3.14. The van der Waals surface area contributed by atoms with Crippen molar-refractivity contribution in [3.05, 3.63) is 32.8 Å². The summed E-state index contributed by atoms with van der Waals surface area (Å²) in [5.41, 5.74) is 7.63. The molecule has 0 bridgehead atoms. The number of nitrogens with one attached hydrogen (secondary N) is 1. The second-order valence-corrected chi connectivity index (χ2v) is 5.62. The SMILES string of the molecule is Nc1nnc(CC(=O)N/N=C\c2cc3c(cc2[N+](=O)[O-])OCO3)s1. The maximum Gasteiger partial charge on any atom is 0.282 e. The zero-order chi connectivity index (χ0) is 17.1. The molecule has 0 saturated heterocycles. The Labute approximate surface area is 138 Å². The molecule has 11 nitrogen and oxygen atoms in total. The number of aromatic nitrogens is 2. The summed E-state index contributed by atoms with van der Waals surface area (Å²) < 4.78 is 10.3. The number of benzene rings is 1. The number of nitro benzene ring substituents is 1. The van der Waals surface area contributed by atoms with Crippen molar-refractivity contribution in [2.45, 2.75) is 6.42 Å². The third-order valence-electron chi connectivity index (χ3n) is 2.91. The van der Waals surface area contributed by atoms with Crippen molar-refractivity contribution in [3.8, 4) is 11.5 Å². The fourth-order valence-electron chi connectivity index (χ4n) is 1.90. The van der Waals surface area contributed by atoms with Crippen LogP contribution in [0.4, 0.5) is 10.8 Å². The standard InChI is InChI=1S/C12H10N6O5S/c13-12-17-16-11(24-12)3-10(19)15-14-4-6-1-8-9(23-5-22-8)2-7(6)18(20)21/h1-2,4H,3,5H2,(H2,13,17)(H,15,19)/b14-4-. The lowest BCUT2D eigenvalue weighted by Crippen LogP contribution is -2.19. The monoisotopic (exact) mass is 350 g/mol. The summed E-state index contributed by atoms with van der Waals surface area (Å²) >= 11 is 1.09. The lowest BCUT2D eigenvalue weighted by atomic mass is 10.1. The van der Waals surface area contributed by atoms with E-state index in [0.29, 0.717) is 10.8 Å². The molecule has 2 heterocycles. The van der Waals surface area contributed by atoms with Crippen LogP contribution in [0, 0.1) is 10.1 Å². The van der Waals surface area contributed by atoms with Gasteiger partial charge in [-0.05, 0) is 6.07 Å². The predicted molar refractivity (Wildman–Crippen MR) is 83.0 cm³/mol. The van der Waals surface area contributed by atoms with Crippen LogP contribution >= 0.6 is 11.3 Å². The number of hydrogen-bond acceptors (Lipinski definition) is 10. The second kappa shape index (κ2) is 6.45. The average molecular weight is 350 g/mol. The smallest absolute Gasteiger partial charge is 0.282 e. The topological polar surface area (TPSA) is 155 Å². The molecule has 2 aromatic rings. The number of nitrogens with zero attached hydrogens (tertiary/aromatic N) is 4. The van der Waals surface area contributed by atoms with Gasteiger partial charge >= 0.3 is 0 Å². The van der Waals surface area contributed by atoms with E-state index in [2.05, 4.69) is 20.7 Å². The van der Waals surface area contributed by atoms with Gasteiger partial charge in [0.2, 0.25) is 17.8 Å². The highest BCUT2D eigenvalue weighted by molar-refractivity contribution is 7.15. The zero-order valence-corrected chi connectivity index (χ0v) is 12.8. The van der Waals surface area contributed by atoms with E-state index in [1.165, 1.54) is 12.1 Å². The molecule has 0 aliphatic carbocycles. The van der Waals surface area contributed by atoms with Crippen molar-refractivity contribution in [3.63, 3.8) is 0 Å². The molecule has 3 N–H and O–H groups in total. The number of nitrogen functional groups attached to an aromatic ring is 1. The number of nitro groups is 1. The predicted octanol–water partition coefficient (Wildman–Crippen LogP) is 0.450. The first-order valence-corrected chi connectivity index (χ1v) is 7.32. The molecule has 3 rings (SSSR count). The third kappa shape index (κ3) is 3.38. The van der Waals surface area contributed by atoms with E-state index >= 15 is 0 Å². The maximum absolute atomic E-state index is 11.7. The molecule has 0 radical (unpaired) electrons. The van der Waals surface area contributed by atoms with Crippen LogP contribution in [0.1, 0.15) is 10.6 Å². The molecule has 1 aliphatic heterocycles. The van der Waals surface area contributed by atoms with E-state index < -0.39 is 10.8 Å². The fourth-order valence-corrected chi connectivity index (χ4v) is 2.51. The highest BCUT2D eigenvalue weighted by Gasteiger charge is 2.22. The zero-order valence-electron chi connectivity index (χ0n) is 12.0. The number of fused-ring (bicyclic) bond motifs is 1. The van der Waals surface area contributed by atoms with Crippen molar-refractivity contribution in [2.75, 3.05) is 12.5 Å². The molecule has 1 aromatic carbocycles. The molecule has 0 fully saturated rings. The van der Waals surface area contributed by atoms with Gasteiger partial charge in [-0.2, -0.15) is 5.10 Å². The number of nitrogens with two attached hydrogens (primary N) is 1. The van der Waals surface area contributed by atoms with Crippen molar-refractivity contribution in [1.82, 2.24) is 15.6 Å². The number of hydrogen-bond donors (Lipinski definition) is 2. The Kier molecular flexibility index (Phi) is 4.20. The van der Waals surface area contributed by atoms with E-state index in [1.807, 2.05) is 0 Å². The van der Waals surface area contributed by atoms with Gasteiger partial charge < -0.3 is 15.2 Å². The minimum Gasteiger partial charge on any atom is -0.454 e. The van der Waals surface area contributed by atoms with Crippen molar-refractivity contribution < 1.29 is 19.2 Å². The van der Waals surface area contributed by atoms with Crippen LogP contribution in [-0.2, 0) is 11.2 Å². The largest absolute Gasteiger partial charge is 0.454 e. The highest BCUT2D eigenvalue weighted by Crippen LogP contribution is 2.37. The number of carbonyl (C=O) groups is 1. The van der Waals surface area contributed by atoms with Gasteiger partial charge in [0, 0.05) is 0 Å². The molecule has 0 saturated carbocycles. The van der Waals surface area contributed by atoms with Crippen LogP contribution in [-0.4, -0.2) is 34.0 Å². The number of rotatable bonds is 5. The Morgan fingerprint density at radius 1 is 1.46 bits per heavy atom. The summed E-state index contributed by atoms with van der Waals surface area (Å²) in [4.78, 5) is 22.2. The van der Waals surface area contributed by atoms with Crippen LogP contribution in [0.15, 0.2) is 17.2 Å². The summed E-state index contributed by atoms with van der Waals surface area (Å²) in [6, 6.07) is 2.66. The third-order valence-corrected chi connectivity index (χ3v) is 3.66. The van der Waals surface area contributed by atoms with E-state index in [4.69, 9.17) is 15.2 Å². The van der Waals surface area contributed by atoms with Gasteiger partial charge in [-0.15, -0.1) is 10.2 Å². The number of anilines is 1. The van der Waals surface area contributed by atoms with E-state index in [0.717, 1.165) is 17.6 Å². The van der Waals surface area contributed by atoms with Gasteiger partial charge in [0.15, 0.2) is 11.5 Å². The van der Waals surface area contributed by atoms with Gasteiger partial charge in [0.25, 0.3) is 5.69 Å². The van der Waals surface area contributed by atoms with Crippen LogP contribution in [0.25, 0.3) is 0 Å². The van der Waals surface area contributed by atoms with Crippen molar-refractivity contribution in [2.24, 2.45) is 5.10 Å². The van der Waals surface area contributed by atoms with Gasteiger partial charge in [-0.3, -0.25) is 14.9 Å². The first kappa shape index (κ1) is 15.6. The molecule has 1 aromatic heterocycles. The van der Waals surface area contributed by atoms with Crippen LogP contribution in [0.3, 0.4) is 0 Å². The van der Waals surface area contributed by atoms with Crippen molar-refractivity contribution >= 4 is 34.3 Å². The summed E-state index contributed by atoms with van der Waals surface area (Å²) in [5.74, 6) is 0.209. The lowest BCUT2D eigenvalue weighted by molar-refractivity contribution is -0.385. The number of ether oxygens (including phenoxy) is 2. The van der Waals surface area contributed by atoms with Crippen molar-refractivity contribution in [1.29, 1.82) is 0 Å². The Morgan fingerprint density at radius 2 is 2.21 bits per heavy atom. The van der Waals surface area contributed by atoms with Gasteiger partial charge in [0.05, 0.1) is 29.2 Å². The maximum atomic E-state index is 11.7. The molecule has 24 heavy (non-hydrogen) atoms. The summed E-state index contributed by atoms with van der Waals surface area (Å²) in [6.45, 7) is -0.00516. The fraction of sp³-hybridized carbons (Fsp3) is 0.167. The molecular formula is C12H10N6O5S. The Bertz CT molecular complexity index is 835. The first-order valence-electron chi connectivity index (χ1n) is 6.50. The molecule has 12 heteroatoms. The Morgan fingerprint density at radius 3 is 2.88 bits per heavy atom. The first-order chi connectivity index (χ1) is 11.5. The minimum atomic E-state index is -0.574. The number of amides is 1. The Hall–Kier alpha value is -3.28. The summed E-state index contributed by atoms with van der Waals surface area (Å²) in [7, 11) is 0. The molecule has 0 unspecified atom stereocenters. The highest BCUT2D eigenvalue weighted by atomic mass is 32.1. The summed E-state index contributed by atoms with van der Waals surface area (Å²) in [5, 5.41) is 22.8. The second-order valence-electron chi connectivity index (χ2n) is 4.53. The van der Waals surface area contributed by atoms with E-state index in [9.17, 15) is 14.9 Å². The van der Waals surface area contributed by atoms with Crippen LogP contribution < -0.4 is 20.6 Å². The molecule has 124 valence electrons. The van der Waals surface area contributed by atoms with E-state index in [1.54, 1.807) is 0 Å². The lowest BCUT2D eigenvalue weighted by Gasteiger charge is -2.01. The van der Waals surface area contributed by atoms with Gasteiger partial charge in [-0.25, -0.2) is 5.43 Å². The number of carbonyl (C=O) groups excluding carboxylic acids is 1. The molecule has 0 atom stereocenters. The number of hydrazone groups is 1.